The predicted octanol–water partition coefficient (Wildman–Crippen LogP) is 5.87. The minimum absolute atomic E-state index is 0.0105. The lowest BCUT2D eigenvalue weighted by atomic mass is 9.91. The third-order valence-electron chi connectivity index (χ3n) is 6.14. The van der Waals surface area contributed by atoms with E-state index in [2.05, 4.69) is 10.3 Å². The highest BCUT2D eigenvalue weighted by Gasteiger charge is 2.28. The van der Waals surface area contributed by atoms with Gasteiger partial charge in [-0.1, -0.05) is 42.5 Å². The summed E-state index contributed by atoms with van der Waals surface area (Å²) < 4.78 is 68.9. The molecule has 0 unspecified atom stereocenters. The first-order chi connectivity index (χ1) is 18.2. The summed E-state index contributed by atoms with van der Waals surface area (Å²) in [6, 6.07) is 14.7. The van der Waals surface area contributed by atoms with Gasteiger partial charge in [0.1, 0.15) is 5.69 Å². The van der Waals surface area contributed by atoms with Crippen LogP contribution >= 0.6 is 0 Å². The molecule has 1 amide bonds. The molecule has 1 aromatic heterocycles. The lowest BCUT2D eigenvalue weighted by Gasteiger charge is -2.20. The van der Waals surface area contributed by atoms with Crippen LogP contribution in [0.2, 0.25) is 0 Å². The van der Waals surface area contributed by atoms with Gasteiger partial charge in [0, 0.05) is 16.8 Å². The molecule has 1 heterocycles. The number of halogens is 5. The molecule has 0 spiro atoms. The van der Waals surface area contributed by atoms with Gasteiger partial charge in [0.05, 0.1) is 17.8 Å². The molecule has 5 rings (SSSR count). The van der Waals surface area contributed by atoms with E-state index >= 15 is 0 Å². The van der Waals surface area contributed by atoms with Crippen molar-refractivity contribution in [3.63, 3.8) is 0 Å². The van der Waals surface area contributed by atoms with Crippen molar-refractivity contribution in [3.8, 4) is 11.3 Å². The van der Waals surface area contributed by atoms with Gasteiger partial charge in [0.25, 0.3) is 0 Å². The van der Waals surface area contributed by atoms with Crippen molar-refractivity contribution < 1.29 is 26.7 Å². The average molecular weight is 522 g/mol. The van der Waals surface area contributed by atoms with E-state index in [-0.39, 0.29) is 11.5 Å². The molecular formula is C28H19F5N4O. The molecule has 0 bridgehead atoms. The maximum atomic E-state index is 14.1. The summed E-state index contributed by atoms with van der Waals surface area (Å²) in [6.45, 7) is 0. The molecule has 5 nitrogen and oxygen atoms in total. The molecule has 4 aromatic rings. The number of nitrogens with zero attached hydrogens (tertiary/aromatic N) is 2. The summed E-state index contributed by atoms with van der Waals surface area (Å²) >= 11 is 0. The van der Waals surface area contributed by atoms with Crippen LogP contribution in [0.3, 0.4) is 0 Å². The minimum Gasteiger partial charge on any atom is -0.399 e. The molecule has 0 aliphatic heterocycles. The van der Waals surface area contributed by atoms with Crippen LogP contribution in [0.4, 0.5) is 33.5 Å². The first-order valence-electron chi connectivity index (χ1n) is 11.6. The molecule has 1 aliphatic rings. The van der Waals surface area contributed by atoms with Gasteiger partial charge in [-0.2, -0.15) is 0 Å². The van der Waals surface area contributed by atoms with Crippen LogP contribution in [0.5, 0.6) is 0 Å². The van der Waals surface area contributed by atoms with Crippen molar-refractivity contribution in [3.05, 3.63) is 106 Å². The van der Waals surface area contributed by atoms with Gasteiger partial charge in [-0.3, -0.25) is 4.79 Å². The predicted molar refractivity (Wildman–Crippen MR) is 133 cm³/mol. The van der Waals surface area contributed by atoms with Crippen LogP contribution in [-0.2, 0) is 24.1 Å². The smallest absolute Gasteiger partial charge is 0.230 e. The van der Waals surface area contributed by atoms with E-state index in [0.717, 1.165) is 16.7 Å². The van der Waals surface area contributed by atoms with E-state index in [1.807, 2.05) is 42.5 Å². The number of nitrogen functional groups attached to an aromatic ring is 1. The van der Waals surface area contributed by atoms with Gasteiger partial charge in [-0.05, 0) is 42.2 Å². The maximum Gasteiger partial charge on any atom is 0.230 e. The number of hydrogen-bond acceptors (Lipinski definition) is 4. The van der Waals surface area contributed by atoms with Crippen molar-refractivity contribution in [2.45, 2.75) is 19.3 Å². The fraction of sp³-hybridized carbons (Fsp3) is 0.107. The molecule has 10 heteroatoms. The Morgan fingerprint density at radius 2 is 1.55 bits per heavy atom. The second-order valence-electron chi connectivity index (χ2n) is 8.69. The van der Waals surface area contributed by atoms with Gasteiger partial charge in [0.15, 0.2) is 29.1 Å². The van der Waals surface area contributed by atoms with Gasteiger partial charge in [-0.15, -0.1) is 0 Å². The molecule has 0 saturated heterocycles. The van der Waals surface area contributed by atoms with Crippen molar-refractivity contribution in [1.29, 1.82) is 0 Å². The molecule has 38 heavy (non-hydrogen) atoms. The highest BCUT2D eigenvalue weighted by atomic mass is 19.2. The first kappa shape index (κ1) is 25.1. The summed E-state index contributed by atoms with van der Waals surface area (Å²) in [5.41, 5.74) is 9.36. The Balaban J connectivity index is 1.53. The average Bonchev–Trinajstić information content (AvgIpc) is 2.92. The number of nitrogens with one attached hydrogen (secondary N) is 1. The molecule has 0 fully saturated rings. The van der Waals surface area contributed by atoms with E-state index in [9.17, 15) is 26.7 Å². The summed E-state index contributed by atoms with van der Waals surface area (Å²) in [5.74, 6) is -11.7. The number of hydrogen-bond donors (Lipinski definition) is 2. The number of carbonyl (C=O) groups excluding carboxylic acids is 1. The zero-order valence-corrected chi connectivity index (χ0v) is 19.7. The van der Waals surface area contributed by atoms with Crippen molar-refractivity contribution in [2.75, 3.05) is 11.1 Å². The van der Waals surface area contributed by atoms with Gasteiger partial charge in [0.2, 0.25) is 11.7 Å². The minimum atomic E-state index is -2.29. The third kappa shape index (κ3) is 4.72. The number of benzene rings is 3. The van der Waals surface area contributed by atoms with Crippen molar-refractivity contribution >= 4 is 29.6 Å². The summed E-state index contributed by atoms with van der Waals surface area (Å²) in [5, 5.41) is 2.43. The summed E-state index contributed by atoms with van der Waals surface area (Å²) in [4.78, 5) is 22.0. The van der Waals surface area contributed by atoms with Crippen LogP contribution in [0.15, 0.2) is 48.5 Å². The van der Waals surface area contributed by atoms with E-state index in [0.29, 0.717) is 29.9 Å². The fourth-order valence-electron chi connectivity index (χ4n) is 4.27. The van der Waals surface area contributed by atoms with Gasteiger partial charge >= 0.3 is 0 Å². The van der Waals surface area contributed by atoms with Crippen LogP contribution in [0.1, 0.15) is 28.1 Å². The summed E-state index contributed by atoms with van der Waals surface area (Å²) in [7, 11) is 0. The zero-order chi connectivity index (χ0) is 27.0. The number of anilines is 2. The van der Waals surface area contributed by atoms with Crippen molar-refractivity contribution in [1.82, 2.24) is 9.97 Å². The Morgan fingerprint density at radius 3 is 2.26 bits per heavy atom. The molecule has 3 aromatic carbocycles. The van der Waals surface area contributed by atoms with Crippen LogP contribution in [-0.4, -0.2) is 15.9 Å². The Labute approximate surface area is 213 Å². The number of rotatable bonds is 5. The quantitative estimate of drug-likeness (QED) is 0.149. The first-order valence-corrected chi connectivity index (χ1v) is 11.6. The highest BCUT2D eigenvalue weighted by Crippen LogP contribution is 2.34. The van der Waals surface area contributed by atoms with Gasteiger partial charge in [-0.25, -0.2) is 31.9 Å². The topological polar surface area (TPSA) is 80.9 Å². The lowest BCUT2D eigenvalue weighted by Crippen LogP contribution is -2.21. The molecule has 192 valence electrons. The Hall–Kier alpha value is -4.60. The number of amides is 1. The van der Waals surface area contributed by atoms with Gasteiger partial charge < -0.3 is 11.1 Å². The number of fused-ring (bicyclic) bond motifs is 3. The summed E-state index contributed by atoms with van der Waals surface area (Å²) in [6.07, 6.45) is 3.36. The molecule has 3 N–H and O–H groups in total. The number of nitrogens with two attached hydrogens (primary N) is 1. The zero-order valence-electron chi connectivity index (χ0n) is 19.7. The van der Waals surface area contributed by atoms with Crippen LogP contribution in [0, 0.1) is 29.1 Å². The molecular weight excluding hydrogens is 503 g/mol. The number of carbonyl (C=O) groups is 1. The lowest BCUT2D eigenvalue weighted by molar-refractivity contribution is -0.115. The monoisotopic (exact) mass is 522 g/mol. The molecule has 0 saturated carbocycles. The third-order valence-corrected chi connectivity index (χ3v) is 6.14. The van der Waals surface area contributed by atoms with Crippen LogP contribution in [0.25, 0.3) is 23.4 Å². The normalized spacial score (nSPS) is 12.3. The molecule has 0 radical (unpaired) electrons. The second kappa shape index (κ2) is 10.0. The number of aromatic nitrogens is 2. The van der Waals surface area contributed by atoms with E-state index in [1.54, 1.807) is 18.2 Å². The second-order valence-corrected chi connectivity index (χ2v) is 8.69. The SMILES string of the molecule is Nc1ccc2c(c1)CCc1nc(NC(=O)Cc3c(F)c(F)c(F)c(F)c3F)c(C=Cc3ccccc3)nc1-2. The highest BCUT2D eigenvalue weighted by molar-refractivity contribution is 5.94. The standard InChI is InChI=1S/C28H19F5N4O/c29-22-18(23(30)25(32)26(33)24(22)31)13-21(38)37-28-20(10-6-14-4-2-1-3-5-14)35-27-17-9-8-16(34)12-15(17)7-11-19(27)36-28/h1-6,8-10,12H,7,11,13,34H2,(H,36,37,38). The van der Waals surface area contributed by atoms with Crippen molar-refractivity contribution in [2.24, 2.45) is 0 Å². The maximum absolute atomic E-state index is 14.1. The Kier molecular flexibility index (Phi) is 6.62. The Bertz CT molecular complexity index is 1580. The van der Waals surface area contributed by atoms with Crippen LogP contribution < -0.4 is 11.1 Å². The largest absolute Gasteiger partial charge is 0.399 e. The van der Waals surface area contributed by atoms with E-state index in [1.165, 1.54) is 0 Å². The Morgan fingerprint density at radius 1 is 0.868 bits per heavy atom. The fourth-order valence-corrected chi connectivity index (χ4v) is 4.27. The number of aryl methyl sites for hydroxylation is 2. The van der Waals surface area contributed by atoms with E-state index in [4.69, 9.17) is 10.7 Å². The molecule has 0 atom stereocenters. The molecule has 1 aliphatic carbocycles. The van der Waals surface area contributed by atoms with E-state index < -0.39 is 47.0 Å².